The molecule has 80 valence electrons. The molecule has 1 atom stereocenters. The average molecular weight is 244 g/mol. The highest BCUT2D eigenvalue weighted by atomic mass is 35.5. The van der Waals surface area contributed by atoms with Crippen molar-refractivity contribution < 1.29 is 4.42 Å². The SMILES string of the molecule is NNC(Cc1nccs1)c1ccc(Cl)o1. The quantitative estimate of drug-likeness (QED) is 0.638. The van der Waals surface area contributed by atoms with Crippen molar-refractivity contribution in [2.45, 2.75) is 12.5 Å². The van der Waals surface area contributed by atoms with Crippen LogP contribution in [0.1, 0.15) is 16.8 Å². The van der Waals surface area contributed by atoms with E-state index in [1.807, 2.05) is 5.38 Å². The Morgan fingerprint density at radius 2 is 2.47 bits per heavy atom. The summed E-state index contributed by atoms with van der Waals surface area (Å²) in [5.41, 5.74) is 2.68. The van der Waals surface area contributed by atoms with E-state index < -0.39 is 0 Å². The molecule has 0 radical (unpaired) electrons. The summed E-state index contributed by atoms with van der Waals surface area (Å²) in [6.07, 6.45) is 2.46. The first-order valence-corrected chi connectivity index (χ1v) is 5.65. The first-order valence-electron chi connectivity index (χ1n) is 4.39. The van der Waals surface area contributed by atoms with Crippen LogP contribution in [0.3, 0.4) is 0 Å². The molecule has 2 rings (SSSR count). The van der Waals surface area contributed by atoms with E-state index in [9.17, 15) is 0 Å². The van der Waals surface area contributed by atoms with Gasteiger partial charge in [-0.3, -0.25) is 5.84 Å². The minimum atomic E-state index is -0.0938. The highest BCUT2D eigenvalue weighted by molar-refractivity contribution is 7.09. The van der Waals surface area contributed by atoms with E-state index in [0.717, 1.165) is 10.8 Å². The Morgan fingerprint density at radius 1 is 1.60 bits per heavy atom. The number of hydrogen-bond acceptors (Lipinski definition) is 5. The number of rotatable bonds is 4. The maximum absolute atomic E-state index is 5.70. The molecule has 0 fully saturated rings. The summed E-state index contributed by atoms with van der Waals surface area (Å²) in [7, 11) is 0. The molecule has 0 aromatic carbocycles. The Kier molecular flexibility index (Phi) is 3.37. The lowest BCUT2D eigenvalue weighted by Gasteiger charge is -2.10. The second-order valence-corrected chi connectivity index (χ2v) is 4.34. The summed E-state index contributed by atoms with van der Waals surface area (Å²) in [6, 6.07) is 3.41. The van der Waals surface area contributed by atoms with Crippen molar-refractivity contribution in [2.24, 2.45) is 5.84 Å². The Hall–Kier alpha value is -0.880. The number of hydrogen-bond donors (Lipinski definition) is 2. The van der Waals surface area contributed by atoms with E-state index in [2.05, 4.69) is 10.4 Å². The summed E-state index contributed by atoms with van der Waals surface area (Å²) in [6.45, 7) is 0. The van der Waals surface area contributed by atoms with Gasteiger partial charge in [-0.25, -0.2) is 10.4 Å². The smallest absolute Gasteiger partial charge is 0.193 e. The minimum Gasteiger partial charge on any atom is -0.448 e. The fourth-order valence-electron chi connectivity index (χ4n) is 1.29. The summed E-state index contributed by atoms with van der Waals surface area (Å²) < 4.78 is 5.29. The second kappa shape index (κ2) is 4.76. The molecule has 0 bridgehead atoms. The van der Waals surface area contributed by atoms with Crippen molar-refractivity contribution in [3.05, 3.63) is 39.7 Å². The lowest BCUT2D eigenvalue weighted by atomic mass is 10.2. The first-order chi connectivity index (χ1) is 7.29. The van der Waals surface area contributed by atoms with Crippen LogP contribution >= 0.6 is 22.9 Å². The molecule has 2 heterocycles. The third-order valence-corrected chi connectivity index (χ3v) is 3.01. The normalized spacial score (nSPS) is 12.9. The monoisotopic (exact) mass is 243 g/mol. The van der Waals surface area contributed by atoms with Crippen molar-refractivity contribution in [3.63, 3.8) is 0 Å². The molecule has 0 amide bonds. The maximum atomic E-state index is 5.70. The Balaban J connectivity index is 2.11. The van der Waals surface area contributed by atoms with Crippen molar-refractivity contribution in [3.8, 4) is 0 Å². The topological polar surface area (TPSA) is 64.1 Å². The fraction of sp³-hybridized carbons (Fsp3) is 0.222. The van der Waals surface area contributed by atoms with E-state index in [1.165, 1.54) is 0 Å². The summed E-state index contributed by atoms with van der Waals surface area (Å²) in [4.78, 5) is 4.18. The number of hydrazine groups is 1. The van der Waals surface area contributed by atoms with E-state index in [1.54, 1.807) is 29.7 Å². The number of nitrogens with two attached hydrogens (primary N) is 1. The zero-order chi connectivity index (χ0) is 10.7. The van der Waals surface area contributed by atoms with Gasteiger partial charge in [0.2, 0.25) is 0 Å². The highest BCUT2D eigenvalue weighted by Gasteiger charge is 2.15. The maximum Gasteiger partial charge on any atom is 0.193 e. The summed E-state index contributed by atoms with van der Waals surface area (Å²) >= 11 is 7.28. The van der Waals surface area contributed by atoms with E-state index >= 15 is 0 Å². The van der Waals surface area contributed by atoms with Crippen LogP contribution in [-0.2, 0) is 6.42 Å². The number of nitrogens with zero attached hydrogens (tertiary/aromatic N) is 1. The molecule has 2 aromatic heterocycles. The highest BCUT2D eigenvalue weighted by Crippen LogP contribution is 2.23. The molecule has 3 N–H and O–H groups in total. The largest absolute Gasteiger partial charge is 0.448 e. The van der Waals surface area contributed by atoms with E-state index in [-0.39, 0.29) is 6.04 Å². The van der Waals surface area contributed by atoms with Crippen LogP contribution in [-0.4, -0.2) is 4.98 Å². The van der Waals surface area contributed by atoms with Crippen molar-refractivity contribution in [1.29, 1.82) is 0 Å². The minimum absolute atomic E-state index is 0.0938. The van der Waals surface area contributed by atoms with Crippen LogP contribution in [0.2, 0.25) is 5.22 Å². The first kappa shape index (κ1) is 10.6. The van der Waals surface area contributed by atoms with Crippen LogP contribution in [0.4, 0.5) is 0 Å². The van der Waals surface area contributed by atoms with Gasteiger partial charge >= 0.3 is 0 Å². The van der Waals surface area contributed by atoms with Crippen LogP contribution in [0, 0.1) is 0 Å². The van der Waals surface area contributed by atoms with E-state index in [4.69, 9.17) is 21.9 Å². The number of aromatic nitrogens is 1. The van der Waals surface area contributed by atoms with Crippen LogP contribution in [0.15, 0.2) is 28.1 Å². The molecule has 15 heavy (non-hydrogen) atoms. The number of halogens is 1. The van der Waals surface area contributed by atoms with Gasteiger partial charge in [0, 0.05) is 18.0 Å². The predicted octanol–water partition coefficient (Wildman–Crippen LogP) is 2.14. The van der Waals surface area contributed by atoms with Gasteiger partial charge in [-0.1, -0.05) is 0 Å². The molecule has 0 saturated heterocycles. The van der Waals surface area contributed by atoms with Gasteiger partial charge in [-0.15, -0.1) is 11.3 Å². The van der Waals surface area contributed by atoms with E-state index in [0.29, 0.717) is 11.6 Å². The number of nitrogens with one attached hydrogen (secondary N) is 1. The zero-order valence-electron chi connectivity index (χ0n) is 7.81. The van der Waals surface area contributed by atoms with Crippen molar-refractivity contribution in [1.82, 2.24) is 10.4 Å². The van der Waals surface area contributed by atoms with Crippen molar-refractivity contribution >= 4 is 22.9 Å². The van der Waals surface area contributed by atoms with Gasteiger partial charge < -0.3 is 4.42 Å². The molecular formula is C9H10ClN3OS. The molecule has 6 heteroatoms. The Morgan fingerprint density at radius 3 is 3.00 bits per heavy atom. The Bertz CT molecular complexity index is 415. The van der Waals surface area contributed by atoms with Gasteiger partial charge in [0.1, 0.15) is 5.76 Å². The van der Waals surface area contributed by atoms with Gasteiger partial charge in [-0.2, -0.15) is 0 Å². The lowest BCUT2D eigenvalue weighted by Crippen LogP contribution is -2.29. The molecule has 1 unspecified atom stereocenters. The molecule has 0 aliphatic rings. The standard InChI is InChI=1S/C9H10ClN3OS/c10-8-2-1-7(14-8)6(13-11)5-9-12-3-4-15-9/h1-4,6,13H,5,11H2. The predicted molar refractivity (Wildman–Crippen MR) is 59.6 cm³/mol. The number of furan rings is 1. The third-order valence-electron chi connectivity index (χ3n) is 2.00. The summed E-state index contributed by atoms with van der Waals surface area (Å²) in [5.74, 6) is 6.17. The van der Waals surface area contributed by atoms with Crippen LogP contribution in [0.5, 0.6) is 0 Å². The molecule has 2 aromatic rings. The fourth-order valence-corrected chi connectivity index (χ4v) is 2.10. The second-order valence-electron chi connectivity index (χ2n) is 2.99. The molecule has 0 saturated carbocycles. The van der Waals surface area contributed by atoms with Gasteiger partial charge in [-0.05, 0) is 23.7 Å². The van der Waals surface area contributed by atoms with Gasteiger partial charge in [0.15, 0.2) is 5.22 Å². The number of thiazole rings is 1. The summed E-state index contributed by atoms with van der Waals surface area (Å²) in [5, 5.41) is 3.30. The third kappa shape index (κ3) is 2.57. The van der Waals surface area contributed by atoms with Crippen molar-refractivity contribution in [2.75, 3.05) is 0 Å². The van der Waals surface area contributed by atoms with Crippen LogP contribution < -0.4 is 11.3 Å². The lowest BCUT2D eigenvalue weighted by molar-refractivity contribution is 0.416. The average Bonchev–Trinajstić information content (AvgIpc) is 2.85. The molecule has 0 spiro atoms. The zero-order valence-corrected chi connectivity index (χ0v) is 9.39. The van der Waals surface area contributed by atoms with Crippen LogP contribution in [0.25, 0.3) is 0 Å². The molecule has 0 aliphatic heterocycles. The van der Waals surface area contributed by atoms with Gasteiger partial charge in [0.25, 0.3) is 0 Å². The molecule has 0 aliphatic carbocycles. The Labute approximate surface area is 96.0 Å². The van der Waals surface area contributed by atoms with Gasteiger partial charge in [0.05, 0.1) is 11.0 Å². The molecule has 4 nitrogen and oxygen atoms in total. The molecular weight excluding hydrogens is 234 g/mol.